The molecule has 0 fully saturated rings. The summed E-state index contributed by atoms with van der Waals surface area (Å²) >= 11 is 1.94. The van der Waals surface area contributed by atoms with Crippen LogP contribution in [0.3, 0.4) is 0 Å². The molecule has 1 heteroatoms. The SMILES string of the molecule is CC(C)(C)c1cccc2c1-c1ccccc1C21c2ccccc2-c2ccc(CC(C)(C)c3cccc4c3sc3ccccc34)cc21. The summed E-state index contributed by atoms with van der Waals surface area (Å²) in [6.07, 6.45) is 0.969. The van der Waals surface area contributed by atoms with Gasteiger partial charge in [0, 0.05) is 20.2 Å². The fraction of sp³-hybridized carbons (Fsp3) is 0.200. The molecule has 2 aliphatic rings. The van der Waals surface area contributed by atoms with Gasteiger partial charge in [0.2, 0.25) is 0 Å². The summed E-state index contributed by atoms with van der Waals surface area (Å²) in [4.78, 5) is 0. The van der Waals surface area contributed by atoms with E-state index in [-0.39, 0.29) is 16.2 Å². The van der Waals surface area contributed by atoms with Gasteiger partial charge in [0.25, 0.3) is 0 Å². The Morgan fingerprint density at radius 1 is 0.522 bits per heavy atom. The van der Waals surface area contributed by atoms with E-state index < -0.39 is 0 Å². The maximum absolute atomic E-state index is 2.57. The smallest absolute Gasteiger partial charge is 0.0725 e. The van der Waals surface area contributed by atoms with Crippen LogP contribution in [0.2, 0.25) is 0 Å². The summed E-state index contributed by atoms with van der Waals surface area (Å²) in [6, 6.07) is 48.6. The third-order valence-electron chi connectivity index (χ3n) is 10.8. The Bertz CT molecular complexity index is 2360. The quantitative estimate of drug-likeness (QED) is 0.187. The predicted octanol–water partition coefficient (Wildman–Crippen LogP) is 12.2. The van der Waals surface area contributed by atoms with Gasteiger partial charge in [-0.3, -0.25) is 0 Å². The van der Waals surface area contributed by atoms with Gasteiger partial charge in [0.05, 0.1) is 5.41 Å². The van der Waals surface area contributed by atoms with Crippen molar-refractivity contribution in [3.05, 3.63) is 166 Å². The molecular weight excluding hydrogens is 573 g/mol. The minimum absolute atomic E-state index is 0.0322. The monoisotopic (exact) mass is 610 g/mol. The Morgan fingerprint density at radius 2 is 1.13 bits per heavy atom. The van der Waals surface area contributed by atoms with Crippen molar-refractivity contribution in [1.82, 2.24) is 0 Å². The molecule has 1 aromatic heterocycles. The largest absolute Gasteiger partial charge is 0.135 e. The number of rotatable bonds is 3. The lowest BCUT2D eigenvalue weighted by molar-refractivity contribution is 0.527. The second-order valence-electron chi connectivity index (χ2n) is 15.0. The van der Waals surface area contributed by atoms with E-state index in [2.05, 4.69) is 162 Å². The molecule has 2 aliphatic carbocycles. The first kappa shape index (κ1) is 27.8. The van der Waals surface area contributed by atoms with E-state index in [0.29, 0.717) is 0 Å². The van der Waals surface area contributed by atoms with Crippen molar-refractivity contribution in [3.63, 3.8) is 0 Å². The van der Waals surface area contributed by atoms with Gasteiger partial charge >= 0.3 is 0 Å². The van der Waals surface area contributed by atoms with E-state index in [4.69, 9.17) is 0 Å². The minimum atomic E-state index is -0.329. The van der Waals surface area contributed by atoms with Crippen LogP contribution in [-0.4, -0.2) is 0 Å². The van der Waals surface area contributed by atoms with Gasteiger partial charge in [-0.15, -0.1) is 11.3 Å². The average molecular weight is 611 g/mol. The summed E-state index contributed by atoms with van der Waals surface area (Å²) in [6.45, 7) is 11.9. The highest BCUT2D eigenvalue weighted by Crippen LogP contribution is 2.64. The van der Waals surface area contributed by atoms with Crippen LogP contribution >= 0.6 is 11.3 Å². The number of hydrogen-bond donors (Lipinski definition) is 0. The van der Waals surface area contributed by atoms with E-state index in [9.17, 15) is 0 Å². The molecular formula is C45H38S. The van der Waals surface area contributed by atoms with Crippen molar-refractivity contribution in [2.24, 2.45) is 0 Å². The summed E-state index contributed by atoms with van der Waals surface area (Å²) in [5, 5.41) is 2.74. The Morgan fingerprint density at radius 3 is 1.93 bits per heavy atom. The Hall–Kier alpha value is -4.46. The maximum atomic E-state index is 2.57. The average Bonchev–Trinajstić information content (AvgIpc) is 3.68. The Labute approximate surface area is 276 Å². The zero-order chi connectivity index (χ0) is 31.4. The minimum Gasteiger partial charge on any atom is -0.135 e. The lowest BCUT2D eigenvalue weighted by Crippen LogP contribution is -2.27. The van der Waals surface area contributed by atoms with E-state index in [1.165, 1.54) is 81.4 Å². The molecule has 0 bridgehead atoms. The van der Waals surface area contributed by atoms with Crippen molar-refractivity contribution >= 4 is 31.5 Å². The summed E-state index contributed by atoms with van der Waals surface area (Å²) in [7, 11) is 0. The third-order valence-corrected chi connectivity index (χ3v) is 12.0. The number of benzene rings is 6. The summed E-state index contributed by atoms with van der Waals surface area (Å²) in [5.74, 6) is 0. The first-order valence-corrected chi connectivity index (χ1v) is 17.4. The molecule has 0 radical (unpaired) electrons. The van der Waals surface area contributed by atoms with Gasteiger partial charge in [0.15, 0.2) is 0 Å². The number of thiophene rings is 1. The Kier molecular flexibility index (Phi) is 5.76. The first-order chi connectivity index (χ1) is 22.2. The van der Waals surface area contributed by atoms with E-state index in [0.717, 1.165) is 6.42 Å². The molecule has 1 atom stereocenters. The van der Waals surface area contributed by atoms with Gasteiger partial charge in [-0.25, -0.2) is 0 Å². The van der Waals surface area contributed by atoms with Crippen LogP contribution in [0, 0.1) is 0 Å². The van der Waals surface area contributed by atoms with Crippen LogP contribution in [0.4, 0.5) is 0 Å². The van der Waals surface area contributed by atoms with Crippen LogP contribution in [0.1, 0.15) is 73.6 Å². The van der Waals surface area contributed by atoms with Gasteiger partial charge in [-0.1, -0.05) is 156 Å². The standard InChI is InChI=1S/C45H38S/c1-43(2,3)36-20-13-21-37-41(36)33-16-7-10-19-35(33)45(37)34-18-9-6-14-29(34)30-25-24-28(26-39(30)45)27-44(4,5)38-22-12-17-32-31-15-8-11-23-40(31)46-42(32)38/h6-26H,27H2,1-5H3. The van der Waals surface area contributed by atoms with Crippen molar-refractivity contribution in [1.29, 1.82) is 0 Å². The molecule has 1 heterocycles. The Balaban J connectivity index is 1.26. The molecule has 1 spiro atoms. The topological polar surface area (TPSA) is 0 Å². The molecule has 0 saturated carbocycles. The zero-order valence-corrected chi connectivity index (χ0v) is 28.1. The van der Waals surface area contributed by atoms with Crippen molar-refractivity contribution in [2.45, 2.75) is 57.3 Å². The lowest BCUT2D eigenvalue weighted by atomic mass is 9.69. The van der Waals surface area contributed by atoms with Gasteiger partial charge < -0.3 is 0 Å². The van der Waals surface area contributed by atoms with Gasteiger partial charge in [0.1, 0.15) is 0 Å². The van der Waals surface area contributed by atoms with E-state index in [1.54, 1.807) is 0 Å². The van der Waals surface area contributed by atoms with Crippen molar-refractivity contribution in [2.75, 3.05) is 0 Å². The number of fused-ring (bicyclic) bond motifs is 13. The summed E-state index contributed by atoms with van der Waals surface area (Å²) in [5.41, 5.74) is 15.1. The van der Waals surface area contributed by atoms with E-state index in [1.807, 2.05) is 11.3 Å². The van der Waals surface area contributed by atoms with Gasteiger partial charge in [-0.2, -0.15) is 0 Å². The molecule has 6 aromatic carbocycles. The van der Waals surface area contributed by atoms with Crippen LogP contribution in [0.25, 0.3) is 42.4 Å². The summed E-state index contributed by atoms with van der Waals surface area (Å²) < 4.78 is 2.79. The molecule has 0 aliphatic heterocycles. The van der Waals surface area contributed by atoms with Crippen molar-refractivity contribution < 1.29 is 0 Å². The molecule has 0 nitrogen and oxygen atoms in total. The van der Waals surface area contributed by atoms with Crippen molar-refractivity contribution in [3.8, 4) is 22.3 Å². The molecule has 7 aromatic rings. The van der Waals surface area contributed by atoms with Crippen LogP contribution in [0.15, 0.2) is 127 Å². The highest BCUT2D eigenvalue weighted by Gasteiger charge is 2.52. The predicted molar refractivity (Wildman–Crippen MR) is 198 cm³/mol. The first-order valence-electron chi connectivity index (χ1n) is 16.6. The van der Waals surface area contributed by atoms with Crippen LogP contribution < -0.4 is 0 Å². The van der Waals surface area contributed by atoms with Crippen LogP contribution in [0.5, 0.6) is 0 Å². The highest BCUT2D eigenvalue weighted by molar-refractivity contribution is 7.26. The molecule has 1 unspecified atom stereocenters. The zero-order valence-electron chi connectivity index (χ0n) is 27.2. The molecule has 0 amide bonds. The highest BCUT2D eigenvalue weighted by atomic mass is 32.1. The molecule has 0 saturated heterocycles. The second-order valence-corrected chi connectivity index (χ2v) is 16.1. The van der Waals surface area contributed by atoms with Crippen LogP contribution in [-0.2, 0) is 22.7 Å². The third kappa shape index (κ3) is 3.67. The second kappa shape index (κ2) is 9.53. The molecule has 9 rings (SSSR count). The molecule has 0 N–H and O–H groups in total. The maximum Gasteiger partial charge on any atom is 0.0725 e. The normalized spacial score (nSPS) is 16.5. The van der Waals surface area contributed by atoms with Gasteiger partial charge in [-0.05, 0) is 84.5 Å². The molecule has 224 valence electrons. The lowest BCUT2D eigenvalue weighted by Gasteiger charge is -2.32. The molecule has 46 heavy (non-hydrogen) atoms. The fourth-order valence-corrected chi connectivity index (χ4v) is 10.3. The fourth-order valence-electron chi connectivity index (χ4n) is 8.86. The van der Waals surface area contributed by atoms with E-state index >= 15 is 0 Å². The number of hydrogen-bond acceptors (Lipinski definition) is 1.